The van der Waals surface area contributed by atoms with Gasteiger partial charge in [-0.1, -0.05) is 12.7 Å². The van der Waals surface area contributed by atoms with Gasteiger partial charge in [0.1, 0.15) is 6.61 Å². The van der Waals surface area contributed by atoms with Gasteiger partial charge in [-0.15, -0.1) is 0 Å². The highest BCUT2D eigenvalue weighted by Crippen LogP contribution is 2.12. The molecule has 0 saturated carbocycles. The maximum Gasteiger partial charge on any atom is 0.410 e. The number of carbonyl (C=O) groups excluding carboxylic acids is 1. The van der Waals surface area contributed by atoms with Crippen molar-refractivity contribution < 1.29 is 24.2 Å². The molecular weight excluding hydrogens is 238 g/mol. The van der Waals surface area contributed by atoms with E-state index in [0.717, 1.165) is 0 Å². The van der Waals surface area contributed by atoms with Crippen molar-refractivity contribution in [2.75, 3.05) is 26.3 Å². The van der Waals surface area contributed by atoms with E-state index >= 15 is 0 Å². The Morgan fingerprint density at radius 3 is 3.00 bits per heavy atom. The van der Waals surface area contributed by atoms with Crippen LogP contribution in [0.15, 0.2) is 12.7 Å². The lowest BCUT2D eigenvalue weighted by atomic mass is 10.1. The number of ether oxygens (including phenoxy) is 2. The number of rotatable bonds is 6. The second kappa shape index (κ2) is 7.71. The molecule has 6 nitrogen and oxygen atoms in total. The van der Waals surface area contributed by atoms with Crippen LogP contribution in [0.5, 0.6) is 0 Å². The van der Waals surface area contributed by atoms with E-state index in [-0.39, 0.29) is 25.2 Å². The summed E-state index contributed by atoms with van der Waals surface area (Å²) in [5.41, 5.74) is 0. The highest BCUT2D eigenvalue weighted by atomic mass is 16.6. The maximum atomic E-state index is 11.6. The zero-order chi connectivity index (χ0) is 13.4. The molecule has 0 aliphatic carbocycles. The van der Waals surface area contributed by atoms with Crippen molar-refractivity contribution in [2.45, 2.75) is 25.4 Å². The number of morpholine rings is 1. The third-order valence-electron chi connectivity index (χ3n) is 2.64. The summed E-state index contributed by atoms with van der Waals surface area (Å²) in [4.78, 5) is 23.6. The van der Waals surface area contributed by atoms with Crippen LogP contribution < -0.4 is 0 Å². The van der Waals surface area contributed by atoms with E-state index in [1.54, 1.807) is 4.90 Å². The summed E-state index contributed by atoms with van der Waals surface area (Å²) in [6.07, 6.45) is 2.35. The molecule has 1 saturated heterocycles. The number of aliphatic carboxylic acids is 1. The number of carbonyl (C=O) groups is 2. The van der Waals surface area contributed by atoms with Crippen molar-refractivity contribution in [3.63, 3.8) is 0 Å². The molecule has 0 bridgehead atoms. The Balaban J connectivity index is 2.29. The topological polar surface area (TPSA) is 76.1 Å². The number of hydrogen-bond acceptors (Lipinski definition) is 4. The van der Waals surface area contributed by atoms with Gasteiger partial charge >= 0.3 is 12.1 Å². The van der Waals surface area contributed by atoms with Gasteiger partial charge in [0.2, 0.25) is 0 Å². The van der Waals surface area contributed by atoms with Crippen LogP contribution in [-0.2, 0) is 14.3 Å². The van der Waals surface area contributed by atoms with E-state index in [4.69, 9.17) is 14.6 Å². The fraction of sp³-hybridized carbons (Fsp3) is 0.667. The van der Waals surface area contributed by atoms with Crippen molar-refractivity contribution in [3.05, 3.63) is 12.7 Å². The summed E-state index contributed by atoms with van der Waals surface area (Å²) in [6, 6.07) is 0. The smallest absolute Gasteiger partial charge is 0.410 e. The molecule has 1 fully saturated rings. The standard InChI is InChI=1S/C12H19NO5/c1-2-7-18-12(16)13-6-8-17-10(9-13)4-3-5-11(14)15/h2,10H,1,3-9H2,(H,14,15). The normalized spacial score (nSPS) is 19.3. The number of carboxylic acid groups (broad SMARTS) is 1. The number of amides is 1. The van der Waals surface area contributed by atoms with Gasteiger partial charge in [-0.2, -0.15) is 0 Å². The lowest BCUT2D eigenvalue weighted by Crippen LogP contribution is -2.45. The van der Waals surface area contributed by atoms with Gasteiger partial charge in [-0.25, -0.2) is 4.79 Å². The molecule has 1 rings (SSSR count). The van der Waals surface area contributed by atoms with Crippen molar-refractivity contribution in [3.8, 4) is 0 Å². The van der Waals surface area contributed by atoms with Crippen LogP contribution in [0.2, 0.25) is 0 Å². The molecule has 1 aliphatic heterocycles. The van der Waals surface area contributed by atoms with Gasteiger partial charge < -0.3 is 19.5 Å². The SMILES string of the molecule is C=CCOC(=O)N1CCOC(CCCC(=O)O)C1. The van der Waals surface area contributed by atoms with Gasteiger partial charge in [-0.05, 0) is 12.8 Å². The van der Waals surface area contributed by atoms with Crippen molar-refractivity contribution >= 4 is 12.1 Å². The minimum absolute atomic E-state index is 0.102. The summed E-state index contributed by atoms with van der Waals surface area (Å²) >= 11 is 0. The Bertz CT molecular complexity index is 305. The summed E-state index contributed by atoms with van der Waals surface area (Å²) < 4.78 is 10.4. The Morgan fingerprint density at radius 2 is 2.33 bits per heavy atom. The van der Waals surface area contributed by atoms with Crippen LogP contribution in [0, 0.1) is 0 Å². The zero-order valence-corrected chi connectivity index (χ0v) is 10.3. The molecule has 0 aromatic carbocycles. The third kappa shape index (κ3) is 5.18. The molecule has 0 aromatic heterocycles. The molecule has 6 heteroatoms. The molecule has 0 aromatic rings. The predicted molar refractivity (Wildman–Crippen MR) is 64.3 cm³/mol. The number of nitrogens with zero attached hydrogens (tertiary/aromatic N) is 1. The van der Waals surface area contributed by atoms with E-state index in [1.165, 1.54) is 6.08 Å². The Labute approximate surface area is 106 Å². The average Bonchev–Trinajstić information content (AvgIpc) is 2.36. The van der Waals surface area contributed by atoms with Gasteiger partial charge in [0.15, 0.2) is 0 Å². The summed E-state index contributed by atoms with van der Waals surface area (Å²) in [5.74, 6) is -0.812. The molecule has 1 N–H and O–H groups in total. The molecule has 1 unspecified atom stereocenters. The van der Waals surface area contributed by atoms with E-state index < -0.39 is 5.97 Å². The van der Waals surface area contributed by atoms with Gasteiger partial charge in [0, 0.05) is 13.0 Å². The van der Waals surface area contributed by atoms with E-state index in [0.29, 0.717) is 32.5 Å². The molecule has 1 amide bonds. The minimum Gasteiger partial charge on any atom is -0.481 e. The summed E-state index contributed by atoms with van der Waals surface area (Å²) in [7, 11) is 0. The van der Waals surface area contributed by atoms with Crippen LogP contribution in [0.3, 0.4) is 0 Å². The van der Waals surface area contributed by atoms with Crippen LogP contribution in [0.1, 0.15) is 19.3 Å². The largest absolute Gasteiger partial charge is 0.481 e. The Morgan fingerprint density at radius 1 is 1.56 bits per heavy atom. The first kappa shape index (κ1) is 14.5. The molecule has 0 radical (unpaired) electrons. The second-order valence-electron chi connectivity index (χ2n) is 4.09. The second-order valence-corrected chi connectivity index (χ2v) is 4.09. The fourth-order valence-electron chi connectivity index (χ4n) is 1.76. The molecule has 1 heterocycles. The van der Waals surface area contributed by atoms with Crippen LogP contribution in [-0.4, -0.2) is 54.5 Å². The number of carboxylic acids is 1. The molecule has 1 aliphatic rings. The maximum absolute atomic E-state index is 11.6. The van der Waals surface area contributed by atoms with Crippen molar-refractivity contribution in [2.24, 2.45) is 0 Å². The van der Waals surface area contributed by atoms with Crippen molar-refractivity contribution in [1.82, 2.24) is 4.90 Å². The van der Waals surface area contributed by atoms with Gasteiger partial charge in [0.05, 0.1) is 19.3 Å². The highest BCUT2D eigenvalue weighted by molar-refractivity contribution is 5.68. The zero-order valence-electron chi connectivity index (χ0n) is 10.3. The predicted octanol–water partition coefficient (Wildman–Crippen LogP) is 1.26. The van der Waals surface area contributed by atoms with Crippen LogP contribution in [0.4, 0.5) is 4.79 Å². The van der Waals surface area contributed by atoms with Gasteiger partial charge in [0.25, 0.3) is 0 Å². The molecule has 1 atom stereocenters. The first-order valence-electron chi connectivity index (χ1n) is 5.99. The van der Waals surface area contributed by atoms with E-state index in [2.05, 4.69) is 6.58 Å². The van der Waals surface area contributed by atoms with E-state index in [9.17, 15) is 9.59 Å². The summed E-state index contributed by atoms with van der Waals surface area (Å²) in [5, 5.41) is 8.55. The monoisotopic (exact) mass is 257 g/mol. The highest BCUT2D eigenvalue weighted by Gasteiger charge is 2.24. The lowest BCUT2D eigenvalue weighted by molar-refractivity contribution is -0.137. The van der Waals surface area contributed by atoms with Crippen molar-refractivity contribution in [1.29, 1.82) is 0 Å². The molecule has 0 spiro atoms. The third-order valence-corrected chi connectivity index (χ3v) is 2.64. The Hall–Kier alpha value is -1.56. The summed E-state index contributed by atoms with van der Waals surface area (Å²) in [6.45, 7) is 5.09. The van der Waals surface area contributed by atoms with E-state index in [1.807, 2.05) is 0 Å². The van der Waals surface area contributed by atoms with Crippen LogP contribution >= 0.6 is 0 Å². The lowest BCUT2D eigenvalue weighted by Gasteiger charge is -2.32. The minimum atomic E-state index is -0.812. The van der Waals surface area contributed by atoms with Crippen LogP contribution in [0.25, 0.3) is 0 Å². The average molecular weight is 257 g/mol. The first-order chi connectivity index (χ1) is 8.63. The quantitative estimate of drug-likeness (QED) is 0.725. The Kier molecular flexibility index (Phi) is 6.21. The molecule has 102 valence electrons. The number of hydrogen-bond donors (Lipinski definition) is 1. The fourth-order valence-corrected chi connectivity index (χ4v) is 1.76. The van der Waals surface area contributed by atoms with Gasteiger partial charge in [-0.3, -0.25) is 4.79 Å². The molecular formula is C12H19NO5. The first-order valence-corrected chi connectivity index (χ1v) is 5.99. The molecule has 18 heavy (non-hydrogen) atoms.